The van der Waals surface area contributed by atoms with Gasteiger partial charge in [-0.3, -0.25) is 9.78 Å². The number of hydrogen-bond acceptors (Lipinski definition) is 3. The van der Waals surface area contributed by atoms with Gasteiger partial charge in [-0.05, 0) is 43.9 Å². The van der Waals surface area contributed by atoms with Crippen LogP contribution in [0.5, 0.6) is 0 Å². The molecule has 1 fully saturated rings. The van der Waals surface area contributed by atoms with Crippen molar-refractivity contribution in [2.24, 2.45) is 5.92 Å². The summed E-state index contributed by atoms with van der Waals surface area (Å²) in [6.45, 7) is 3.34. The highest BCUT2D eigenvalue weighted by Gasteiger charge is 2.20. The Balaban J connectivity index is 1.69. The first kappa shape index (κ1) is 12.0. The summed E-state index contributed by atoms with van der Waals surface area (Å²) in [4.78, 5) is 15.7. The molecule has 1 atom stereocenters. The summed E-state index contributed by atoms with van der Waals surface area (Å²) in [6.07, 6.45) is 6.12. The molecule has 1 heterocycles. The summed E-state index contributed by atoms with van der Waals surface area (Å²) in [5, 5.41) is 6.13. The highest BCUT2D eigenvalue weighted by Crippen LogP contribution is 2.27. The van der Waals surface area contributed by atoms with Crippen molar-refractivity contribution >= 4 is 5.91 Å². The van der Waals surface area contributed by atoms with Gasteiger partial charge in [0.2, 0.25) is 5.91 Å². The zero-order chi connectivity index (χ0) is 12.1. The Hall–Kier alpha value is -1.42. The van der Waals surface area contributed by atoms with Crippen LogP contribution in [-0.2, 0) is 4.79 Å². The van der Waals surface area contributed by atoms with Crippen molar-refractivity contribution in [3.05, 3.63) is 30.1 Å². The van der Waals surface area contributed by atoms with E-state index in [-0.39, 0.29) is 11.9 Å². The highest BCUT2D eigenvalue weighted by atomic mass is 16.1. The smallest absolute Gasteiger partial charge is 0.234 e. The van der Waals surface area contributed by atoms with Gasteiger partial charge in [-0.25, -0.2) is 0 Å². The second-order valence-electron chi connectivity index (χ2n) is 4.65. The molecule has 1 aromatic rings. The predicted molar refractivity (Wildman–Crippen MR) is 66.4 cm³/mol. The Labute approximate surface area is 102 Å². The monoisotopic (exact) mass is 233 g/mol. The summed E-state index contributed by atoms with van der Waals surface area (Å²) in [6, 6.07) is 3.86. The summed E-state index contributed by atoms with van der Waals surface area (Å²) in [7, 11) is 0. The first-order chi connectivity index (χ1) is 8.25. The van der Waals surface area contributed by atoms with Crippen LogP contribution in [0, 0.1) is 5.92 Å². The lowest BCUT2D eigenvalue weighted by molar-refractivity contribution is -0.120. The lowest BCUT2D eigenvalue weighted by atomic mass is 10.1. The van der Waals surface area contributed by atoms with Gasteiger partial charge in [-0.1, -0.05) is 6.07 Å². The van der Waals surface area contributed by atoms with Gasteiger partial charge >= 0.3 is 0 Å². The van der Waals surface area contributed by atoms with E-state index in [9.17, 15) is 4.79 Å². The highest BCUT2D eigenvalue weighted by molar-refractivity contribution is 5.78. The molecule has 4 heteroatoms. The van der Waals surface area contributed by atoms with E-state index in [0.717, 1.165) is 18.0 Å². The van der Waals surface area contributed by atoms with Crippen LogP contribution in [0.3, 0.4) is 0 Å². The van der Waals surface area contributed by atoms with Crippen molar-refractivity contribution < 1.29 is 4.79 Å². The third-order valence-electron chi connectivity index (χ3n) is 2.98. The van der Waals surface area contributed by atoms with Crippen LogP contribution in [0.25, 0.3) is 0 Å². The molecule has 2 N–H and O–H groups in total. The zero-order valence-corrected chi connectivity index (χ0v) is 10.1. The molecule has 0 unspecified atom stereocenters. The van der Waals surface area contributed by atoms with Gasteiger partial charge in [-0.2, -0.15) is 0 Å². The number of amides is 1. The van der Waals surface area contributed by atoms with Gasteiger partial charge in [0.05, 0.1) is 12.6 Å². The van der Waals surface area contributed by atoms with Crippen LogP contribution in [0.1, 0.15) is 31.4 Å². The number of carbonyl (C=O) groups excluding carboxylic acids is 1. The molecule has 17 heavy (non-hydrogen) atoms. The van der Waals surface area contributed by atoms with Gasteiger partial charge in [0.15, 0.2) is 0 Å². The molecule has 1 aromatic heterocycles. The fourth-order valence-corrected chi connectivity index (χ4v) is 1.72. The Kier molecular flexibility index (Phi) is 4.09. The average molecular weight is 233 g/mol. The molecule has 1 amide bonds. The second-order valence-corrected chi connectivity index (χ2v) is 4.65. The summed E-state index contributed by atoms with van der Waals surface area (Å²) >= 11 is 0. The molecule has 0 aliphatic heterocycles. The molecule has 4 nitrogen and oxygen atoms in total. The number of nitrogens with one attached hydrogen (secondary N) is 2. The third-order valence-corrected chi connectivity index (χ3v) is 2.98. The van der Waals surface area contributed by atoms with E-state index < -0.39 is 0 Å². The predicted octanol–water partition coefficient (Wildman–Crippen LogP) is 1.26. The van der Waals surface area contributed by atoms with Crippen LogP contribution in [0.15, 0.2) is 24.5 Å². The quantitative estimate of drug-likeness (QED) is 0.777. The van der Waals surface area contributed by atoms with E-state index in [4.69, 9.17) is 0 Å². The first-order valence-electron chi connectivity index (χ1n) is 6.15. The minimum absolute atomic E-state index is 0.0129. The van der Waals surface area contributed by atoms with E-state index in [1.165, 1.54) is 12.8 Å². The maximum absolute atomic E-state index is 11.6. The Morgan fingerprint density at radius 1 is 1.59 bits per heavy atom. The molecular formula is C13H19N3O. The third kappa shape index (κ3) is 4.15. The van der Waals surface area contributed by atoms with E-state index >= 15 is 0 Å². The van der Waals surface area contributed by atoms with Crippen LogP contribution in [0.2, 0.25) is 0 Å². The van der Waals surface area contributed by atoms with Crippen molar-refractivity contribution in [3.8, 4) is 0 Å². The van der Waals surface area contributed by atoms with Crippen LogP contribution < -0.4 is 10.6 Å². The number of rotatable bonds is 6. The molecule has 0 radical (unpaired) electrons. The molecule has 2 rings (SSSR count). The van der Waals surface area contributed by atoms with Crippen LogP contribution in [0.4, 0.5) is 0 Å². The fourth-order valence-electron chi connectivity index (χ4n) is 1.72. The molecule has 0 bridgehead atoms. The topological polar surface area (TPSA) is 54.0 Å². The Morgan fingerprint density at radius 2 is 2.41 bits per heavy atom. The molecule has 0 spiro atoms. The lowest BCUT2D eigenvalue weighted by Crippen LogP contribution is -2.36. The second kappa shape index (κ2) is 5.77. The lowest BCUT2D eigenvalue weighted by Gasteiger charge is -2.14. The van der Waals surface area contributed by atoms with E-state index in [0.29, 0.717) is 6.54 Å². The zero-order valence-electron chi connectivity index (χ0n) is 10.1. The van der Waals surface area contributed by atoms with E-state index in [2.05, 4.69) is 15.6 Å². The van der Waals surface area contributed by atoms with Crippen molar-refractivity contribution in [2.45, 2.75) is 25.8 Å². The average Bonchev–Trinajstić information content (AvgIpc) is 3.14. The summed E-state index contributed by atoms with van der Waals surface area (Å²) in [5.41, 5.74) is 1.03. The standard InChI is InChI=1S/C13H19N3O/c1-10(12-3-2-6-14-8-12)16-13(17)9-15-7-11-4-5-11/h2-3,6,8,10-11,15H,4-5,7,9H2,1H3,(H,16,17)/t10-/m0/s1. The van der Waals surface area contributed by atoms with Gasteiger partial charge in [-0.15, -0.1) is 0 Å². The number of carbonyl (C=O) groups is 1. The van der Waals surface area contributed by atoms with Gasteiger partial charge in [0, 0.05) is 12.4 Å². The van der Waals surface area contributed by atoms with E-state index in [1.807, 2.05) is 19.1 Å². The van der Waals surface area contributed by atoms with Crippen LogP contribution >= 0.6 is 0 Å². The molecule has 1 aliphatic carbocycles. The summed E-state index contributed by atoms with van der Waals surface area (Å²) < 4.78 is 0. The fraction of sp³-hybridized carbons (Fsp3) is 0.538. The molecule has 0 saturated heterocycles. The van der Waals surface area contributed by atoms with Crippen molar-refractivity contribution in [1.82, 2.24) is 15.6 Å². The minimum Gasteiger partial charge on any atom is -0.348 e. The van der Waals surface area contributed by atoms with E-state index in [1.54, 1.807) is 12.4 Å². The first-order valence-corrected chi connectivity index (χ1v) is 6.15. The molecule has 0 aromatic carbocycles. The maximum atomic E-state index is 11.6. The number of nitrogens with zero attached hydrogens (tertiary/aromatic N) is 1. The van der Waals surface area contributed by atoms with Gasteiger partial charge in [0.1, 0.15) is 0 Å². The maximum Gasteiger partial charge on any atom is 0.234 e. The van der Waals surface area contributed by atoms with Gasteiger partial charge in [0.25, 0.3) is 0 Å². The summed E-state index contributed by atoms with van der Waals surface area (Å²) in [5.74, 6) is 0.848. The van der Waals surface area contributed by atoms with Crippen LogP contribution in [-0.4, -0.2) is 24.0 Å². The number of pyridine rings is 1. The van der Waals surface area contributed by atoms with Crippen molar-refractivity contribution in [2.75, 3.05) is 13.1 Å². The largest absolute Gasteiger partial charge is 0.348 e. The van der Waals surface area contributed by atoms with Crippen molar-refractivity contribution in [3.63, 3.8) is 0 Å². The van der Waals surface area contributed by atoms with Gasteiger partial charge < -0.3 is 10.6 Å². The normalized spacial score (nSPS) is 16.5. The number of hydrogen-bond donors (Lipinski definition) is 2. The molecule has 1 aliphatic rings. The minimum atomic E-state index is 0.0129. The Bertz CT molecular complexity index is 362. The van der Waals surface area contributed by atoms with Crippen molar-refractivity contribution in [1.29, 1.82) is 0 Å². The molecule has 1 saturated carbocycles. The SMILES string of the molecule is C[C@H](NC(=O)CNCC1CC1)c1cccnc1. The number of aromatic nitrogens is 1. The Morgan fingerprint density at radius 3 is 3.06 bits per heavy atom. The molecule has 92 valence electrons. The molecular weight excluding hydrogens is 214 g/mol.